The Kier molecular flexibility index (Phi) is 4.17. The van der Waals surface area contributed by atoms with E-state index in [1.807, 2.05) is 12.1 Å². The van der Waals surface area contributed by atoms with E-state index >= 15 is 0 Å². The highest BCUT2D eigenvalue weighted by atomic mass is 16.5. The van der Waals surface area contributed by atoms with E-state index in [1.165, 1.54) is 4.90 Å². The number of carbonyl (C=O) groups is 1. The molecule has 5 heteroatoms. The van der Waals surface area contributed by atoms with Gasteiger partial charge in [-0.15, -0.1) is 0 Å². The third-order valence-corrected chi connectivity index (χ3v) is 3.02. The number of anilines is 2. The number of nitrogens with zero attached hydrogens (tertiary/aromatic N) is 1. The fourth-order valence-corrected chi connectivity index (χ4v) is 2.13. The first-order valence-corrected chi connectivity index (χ1v) is 6.12. The summed E-state index contributed by atoms with van der Waals surface area (Å²) in [5, 5.41) is 9.11. The number of para-hydroxylation sites is 2. The zero-order valence-electron chi connectivity index (χ0n) is 10.2. The SMILES string of the molecule is Nc1ccccc1N(CCO)C(=O)C1CCCO1. The van der Waals surface area contributed by atoms with Gasteiger partial charge in [-0.3, -0.25) is 4.79 Å². The molecule has 2 rings (SSSR count). The molecule has 1 aromatic rings. The number of nitrogens with two attached hydrogens (primary N) is 1. The molecule has 5 nitrogen and oxygen atoms in total. The number of benzene rings is 1. The molecule has 1 fully saturated rings. The summed E-state index contributed by atoms with van der Waals surface area (Å²) in [6.07, 6.45) is 1.22. The van der Waals surface area contributed by atoms with Gasteiger partial charge in [0.1, 0.15) is 6.10 Å². The molecule has 1 aromatic carbocycles. The molecule has 0 saturated carbocycles. The minimum atomic E-state index is -0.406. The molecule has 1 amide bonds. The van der Waals surface area contributed by atoms with Gasteiger partial charge >= 0.3 is 0 Å². The Labute approximate surface area is 106 Å². The minimum absolute atomic E-state index is 0.104. The van der Waals surface area contributed by atoms with Crippen molar-refractivity contribution in [3.8, 4) is 0 Å². The van der Waals surface area contributed by atoms with Crippen LogP contribution in [0.2, 0.25) is 0 Å². The van der Waals surface area contributed by atoms with Crippen molar-refractivity contribution < 1.29 is 14.6 Å². The average Bonchev–Trinajstić information content (AvgIpc) is 2.90. The monoisotopic (exact) mass is 250 g/mol. The Balaban J connectivity index is 2.22. The van der Waals surface area contributed by atoms with Crippen molar-refractivity contribution in [3.63, 3.8) is 0 Å². The van der Waals surface area contributed by atoms with Gasteiger partial charge in [0.05, 0.1) is 18.0 Å². The molecule has 1 heterocycles. The van der Waals surface area contributed by atoms with Gasteiger partial charge in [-0.05, 0) is 25.0 Å². The first-order chi connectivity index (χ1) is 8.74. The van der Waals surface area contributed by atoms with E-state index in [-0.39, 0.29) is 19.1 Å². The van der Waals surface area contributed by atoms with Gasteiger partial charge in [-0.2, -0.15) is 0 Å². The van der Waals surface area contributed by atoms with Crippen LogP contribution in [0.25, 0.3) is 0 Å². The highest BCUT2D eigenvalue weighted by Gasteiger charge is 2.29. The van der Waals surface area contributed by atoms with Crippen LogP contribution in [-0.2, 0) is 9.53 Å². The lowest BCUT2D eigenvalue weighted by Gasteiger charge is -2.25. The van der Waals surface area contributed by atoms with Crippen molar-refractivity contribution in [3.05, 3.63) is 24.3 Å². The van der Waals surface area contributed by atoms with E-state index in [0.717, 1.165) is 12.8 Å². The summed E-state index contributed by atoms with van der Waals surface area (Å²) >= 11 is 0. The molecule has 1 aliphatic heterocycles. The Hall–Kier alpha value is -1.59. The molecule has 98 valence electrons. The molecule has 1 aliphatic rings. The lowest BCUT2D eigenvalue weighted by atomic mass is 10.2. The quantitative estimate of drug-likeness (QED) is 0.774. The molecular weight excluding hydrogens is 232 g/mol. The number of hydrogen-bond donors (Lipinski definition) is 2. The molecule has 0 aromatic heterocycles. The molecule has 0 aliphatic carbocycles. The fourth-order valence-electron chi connectivity index (χ4n) is 2.13. The van der Waals surface area contributed by atoms with E-state index in [9.17, 15) is 4.79 Å². The predicted molar refractivity (Wildman–Crippen MR) is 69.3 cm³/mol. The van der Waals surface area contributed by atoms with Crippen molar-refractivity contribution in [2.24, 2.45) is 0 Å². The lowest BCUT2D eigenvalue weighted by Crippen LogP contribution is -2.41. The maximum absolute atomic E-state index is 12.3. The van der Waals surface area contributed by atoms with Gasteiger partial charge in [-0.25, -0.2) is 0 Å². The van der Waals surface area contributed by atoms with Crippen molar-refractivity contribution >= 4 is 17.3 Å². The van der Waals surface area contributed by atoms with Crippen LogP contribution in [0, 0.1) is 0 Å². The van der Waals surface area contributed by atoms with Crippen molar-refractivity contribution in [2.45, 2.75) is 18.9 Å². The van der Waals surface area contributed by atoms with Crippen molar-refractivity contribution in [1.82, 2.24) is 0 Å². The summed E-state index contributed by atoms with van der Waals surface area (Å²) < 4.78 is 5.39. The number of hydrogen-bond acceptors (Lipinski definition) is 4. The summed E-state index contributed by atoms with van der Waals surface area (Å²) in [7, 11) is 0. The molecule has 0 radical (unpaired) electrons. The van der Waals surface area contributed by atoms with Crippen LogP contribution in [0.5, 0.6) is 0 Å². The first kappa shape index (κ1) is 12.9. The maximum Gasteiger partial charge on any atom is 0.256 e. The molecule has 1 atom stereocenters. The second-order valence-corrected chi connectivity index (χ2v) is 4.27. The molecule has 18 heavy (non-hydrogen) atoms. The fraction of sp³-hybridized carbons (Fsp3) is 0.462. The van der Waals surface area contributed by atoms with Crippen molar-refractivity contribution in [2.75, 3.05) is 30.4 Å². The van der Waals surface area contributed by atoms with Gasteiger partial charge in [0.2, 0.25) is 0 Å². The Morgan fingerprint density at radius 2 is 2.28 bits per heavy atom. The van der Waals surface area contributed by atoms with Gasteiger partial charge in [0.15, 0.2) is 0 Å². The molecule has 3 N–H and O–H groups in total. The molecule has 0 spiro atoms. The van der Waals surface area contributed by atoms with E-state index in [0.29, 0.717) is 18.0 Å². The third-order valence-electron chi connectivity index (χ3n) is 3.02. The number of carbonyl (C=O) groups excluding carboxylic acids is 1. The zero-order chi connectivity index (χ0) is 13.0. The maximum atomic E-state index is 12.3. The van der Waals surface area contributed by atoms with Gasteiger partial charge in [0.25, 0.3) is 5.91 Å². The van der Waals surface area contributed by atoms with Gasteiger partial charge in [0, 0.05) is 13.2 Å². The number of nitrogen functional groups attached to an aromatic ring is 1. The molecule has 0 bridgehead atoms. The summed E-state index contributed by atoms with van der Waals surface area (Å²) in [6.45, 7) is 0.743. The van der Waals surface area contributed by atoms with Crippen LogP contribution in [0.1, 0.15) is 12.8 Å². The molecule has 1 unspecified atom stereocenters. The summed E-state index contributed by atoms with van der Waals surface area (Å²) in [5.41, 5.74) is 7.03. The topological polar surface area (TPSA) is 75.8 Å². The summed E-state index contributed by atoms with van der Waals surface area (Å²) in [5.74, 6) is -0.126. The van der Waals surface area contributed by atoms with Crippen LogP contribution < -0.4 is 10.6 Å². The molecule has 1 saturated heterocycles. The standard InChI is InChI=1S/C13H18N2O3/c14-10-4-1-2-5-11(10)15(7-8-16)13(17)12-6-3-9-18-12/h1-2,4-5,12,16H,3,6-9,14H2. The Bertz CT molecular complexity index is 416. The number of rotatable bonds is 4. The first-order valence-electron chi connectivity index (χ1n) is 6.12. The molecular formula is C13H18N2O3. The van der Waals surface area contributed by atoms with Crippen LogP contribution in [0.3, 0.4) is 0 Å². The van der Waals surface area contributed by atoms with Crippen molar-refractivity contribution in [1.29, 1.82) is 0 Å². The highest BCUT2D eigenvalue weighted by Crippen LogP contribution is 2.25. The van der Waals surface area contributed by atoms with Gasteiger partial charge in [-0.1, -0.05) is 12.1 Å². The smallest absolute Gasteiger partial charge is 0.256 e. The van der Waals surface area contributed by atoms with E-state index in [1.54, 1.807) is 12.1 Å². The van der Waals surface area contributed by atoms with Crippen LogP contribution in [-0.4, -0.2) is 36.9 Å². The lowest BCUT2D eigenvalue weighted by molar-refractivity contribution is -0.127. The van der Waals surface area contributed by atoms with E-state index < -0.39 is 6.10 Å². The summed E-state index contributed by atoms with van der Waals surface area (Å²) in [4.78, 5) is 13.8. The van der Waals surface area contributed by atoms with Crippen LogP contribution >= 0.6 is 0 Å². The van der Waals surface area contributed by atoms with Crippen LogP contribution in [0.4, 0.5) is 11.4 Å². The normalized spacial score (nSPS) is 18.8. The van der Waals surface area contributed by atoms with Gasteiger partial charge < -0.3 is 20.5 Å². The number of aliphatic hydroxyl groups excluding tert-OH is 1. The highest BCUT2D eigenvalue weighted by molar-refractivity contribution is 5.99. The Morgan fingerprint density at radius 1 is 1.50 bits per heavy atom. The largest absolute Gasteiger partial charge is 0.397 e. The Morgan fingerprint density at radius 3 is 2.89 bits per heavy atom. The number of ether oxygens (including phenoxy) is 1. The second-order valence-electron chi connectivity index (χ2n) is 4.27. The predicted octanol–water partition coefficient (Wildman–Crippen LogP) is 0.773. The number of aliphatic hydroxyl groups is 1. The number of amides is 1. The third kappa shape index (κ3) is 2.63. The summed E-state index contributed by atoms with van der Waals surface area (Å²) in [6, 6.07) is 7.14. The van der Waals surface area contributed by atoms with Crippen LogP contribution in [0.15, 0.2) is 24.3 Å². The average molecular weight is 250 g/mol. The zero-order valence-corrected chi connectivity index (χ0v) is 10.2. The van der Waals surface area contributed by atoms with E-state index in [2.05, 4.69) is 0 Å². The second kappa shape index (κ2) is 5.84. The van der Waals surface area contributed by atoms with E-state index in [4.69, 9.17) is 15.6 Å². The minimum Gasteiger partial charge on any atom is -0.397 e.